The molecule has 0 bridgehead atoms. The number of ether oxygens (including phenoxy) is 1. The lowest BCUT2D eigenvalue weighted by Gasteiger charge is -2.35. The summed E-state index contributed by atoms with van der Waals surface area (Å²) in [6.07, 6.45) is 8.26. The Labute approximate surface area is 152 Å². The zero-order valence-electron chi connectivity index (χ0n) is 15.5. The number of piperazine rings is 1. The van der Waals surface area contributed by atoms with Gasteiger partial charge >= 0.3 is 0 Å². The molecule has 0 amide bonds. The maximum Gasteiger partial charge on any atom is 0.243 e. The standard InChI is InChI=1S/C19H32N2O3S/c1-3-4-5-6-7-8-10-17-16-20-13-14-21(17)25(22,23)19-12-9-11-18(15-19)24-2/h9,11-12,15,17,20H,3-8,10,13-14,16H2,1-2H3. The molecule has 1 N–H and O–H groups in total. The summed E-state index contributed by atoms with van der Waals surface area (Å²) < 4.78 is 33.0. The fraction of sp³-hybridized carbons (Fsp3) is 0.684. The molecule has 0 spiro atoms. The van der Waals surface area contributed by atoms with Crippen molar-refractivity contribution in [3.05, 3.63) is 24.3 Å². The van der Waals surface area contributed by atoms with Crippen LogP contribution in [0.1, 0.15) is 51.9 Å². The minimum atomic E-state index is -3.48. The van der Waals surface area contributed by atoms with Gasteiger partial charge in [0.1, 0.15) is 5.75 Å². The summed E-state index contributed by atoms with van der Waals surface area (Å²) in [6.45, 7) is 4.18. The third-order valence-electron chi connectivity index (χ3n) is 4.83. The van der Waals surface area contributed by atoms with Gasteiger partial charge in [-0.2, -0.15) is 4.31 Å². The van der Waals surface area contributed by atoms with Gasteiger partial charge in [0.25, 0.3) is 0 Å². The predicted octanol–water partition coefficient (Wildman–Crippen LogP) is 3.41. The maximum atomic E-state index is 13.1. The summed E-state index contributed by atoms with van der Waals surface area (Å²) in [7, 11) is -1.93. The molecule has 1 aromatic carbocycles. The fourth-order valence-electron chi connectivity index (χ4n) is 3.36. The summed E-state index contributed by atoms with van der Waals surface area (Å²) in [4.78, 5) is 0.321. The number of hydrogen-bond donors (Lipinski definition) is 1. The highest BCUT2D eigenvalue weighted by Crippen LogP contribution is 2.25. The van der Waals surface area contributed by atoms with Gasteiger partial charge in [-0.05, 0) is 18.6 Å². The normalized spacial score (nSPS) is 19.0. The number of unbranched alkanes of at least 4 members (excludes halogenated alkanes) is 5. The minimum Gasteiger partial charge on any atom is -0.497 e. The number of benzene rings is 1. The molecule has 1 fully saturated rings. The minimum absolute atomic E-state index is 0.0381. The first-order valence-electron chi connectivity index (χ1n) is 9.46. The van der Waals surface area contributed by atoms with Gasteiger partial charge in [-0.1, -0.05) is 51.5 Å². The molecule has 0 aliphatic carbocycles. The molecule has 142 valence electrons. The summed E-state index contributed by atoms with van der Waals surface area (Å²) in [6, 6.07) is 6.80. The Kier molecular flexibility index (Phi) is 8.19. The molecule has 0 radical (unpaired) electrons. The van der Waals surface area contributed by atoms with Crippen molar-refractivity contribution in [2.75, 3.05) is 26.7 Å². The molecule has 25 heavy (non-hydrogen) atoms. The van der Waals surface area contributed by atoms with Gasteiger partial charge < -0.3 is 10.1 Å². The highest BCUT2D eigenvalue weighted by atomic mass is 32.2. The van der Waals surface area contributed by atoms with E-state index in [0.29, 0.717) is 23.7 Å². The van der Waals surface area contributed by atoms with Crippen LogP contribution in [-0.2, 0) is 10.0 Å². The van der Waals surface area contributed by atoms with Crippen LogP contribution in [0.3, 0.4) is 0 Å². The van der Waals surface area contributed by atoms with Crippen molar-refractivity contribution in [3.63, 3.8) is 0 Å². The Morgan fingerprint density at radius 1 is 1.20 bits per heavy atom. The van der Waals surface area contributed by atoms with Crippen LogP contribution in [0.4, 0.5) is 0 Å². The molecular weight excluding hydrogens is 336 g/mol. The van der Waals surface area contributed by atoms with Gasteiger partial charge in [0, 0.05) is 31.7 Å². The van der Waals surface area contributed by atoms with Crippen LogP contribution >= 0.6 is 0 Å². The second-order valence-electron chi connectivity index (χ2n) is 6.71. The molecule has 1 heterocycles. The fourth-order valence-corrected chi connectivity index (χ4v) is 5.05. The van der Waals surface area contributed by atoms with Crippen molar-refractivity contribution in [1.82, 2.24) is 9.62 Å². The molecule has 5 nitrogen and oxygen atoms in total. The molecule has 1 atom stereocenters. The van der Waals surface area contributed by atoms with Gasteiger partial charge in [-0.15, -0.1) is 0 Å². The number of methoxy groups -OCH3 is 1. The second-order valence-corrected chi connectivity index (χ2v) is 8.60. The summed E-state index contributed by atoms with van der Waals surface area (Å²) >= 11 is 0. The van der Waals surface area contributed by atoms with Crippen LogP contribution < -0.4 is 10.1 Å². The van der Waals surface area contributed by atoms with Crippen LogP contribution in [0.25, 0.3) is 0 Å². The van der Waals surface area contributed by atoms with E-state index in [1.165, 1.54) is 32.1 Å². The molecule has 1 saturated heterocycles. The number of hydrogen-bond acceptors (Lipinski definition) is 4. The lowest BCUT2D eigenvalue weighted by Crippen LogP contribution is -2.53. The molecule has 1 aliphatic rings. The van der Waals surface area contributed by atoms with Crippen molar-refractivity contribution >= 4 is 10.0 Å². The van der Waals surface area contributed by atoms with E-state index < -0.39 is 10.0 Å². The maximum absolute atomic E-state index is 13.1. The summed E-state index contributed by atoms with van der Waals surface area (Å²) in [5, 5.41) is 3.34. The van der Waals surface area contributed by atoms with Gasteiger partial charge in [-0.25, -0.2) is 8.42 Å². The van der Waals surface area contributed by atoms with Crippen LogP contribution in [-0.4, -0.2) is 45.5 Å². The van der Waals surface area contributed by atoms with Crippen molar-refractivity contribution in [2.24, 2.45) is 0 Å². The zero-order valence-corrected chi connectivity index (χ0v) is 16.4. The third kappa shape index (κ3) is 5.69. The van der Waals surface area contributed by atoms with E-state index in [1.54, 1.807) is 35.7 Å². The Bertz CT molecular complexity index is 619. The number of nitrogens with zero attached hydrogens (tertiary/aromatic N) is 1. The summed E-state index contributed by atoms with van der Waals surface area (Å²) in [5.41, 5.74) is 0. The van der Waals surface area contributed by atoms with E-state index in [4.69, 9.17) is 4.74 Å². The first kappa shape index (κ1) is 20.2. The highest BCUT2D eigenvalue weighted by molar-refractivity contribution is 7.89. The van der Waals surface area contributed by atoms with Crippen molar-refractivity contribution in [1.29, 1.82) is 0 Å². The van der Waals surface area contributed by atoms with Crippen molar-refractivity contribution in [2.45, 2.75) is 62.8 Å². The van der Waals surface area contributed by atoms with Gasteiger partial charge in [-0.3, -0.25) is 0 Å². The number of rotatable bonds is 10. The van der Waals surface area contributed by atoms with Crippen molar-refractivity contribution < 1.29 is 13.2 Å². The lowest BCUT2D eigenvalue weighted by molar-refractivity contribution is 0.250. The molecule has 1 aromatic rings. The monoisotopic (exact) mass is 368 g/mol. The number of sulfonamides is 1. The van der Waals surface area contributed by atoms with Gasteiger partial charge in [0.2, 0.25) is 10.0 Å². The first-order valence-corrected chi connectivity index (χ1v) is 10.9. The highest BCUT2D eigenvalue weighted by Gasteiger charge is 2.33. The second kappa shape index (κ2) is 10.1. The first-order chi connectivity index (χ1) is 12.1. The summed E-state index contributed by atoms with van der Waals surface area (Å²) in [5.74, 6) is 0.573. The van der Waals surface area contributed by atoms with E-state index in [2.05, 4.69) is 12.2 Å². The molecule has 1 unspecified atom stereocenters. The third-order valence-corrected chi connectivity index (χ3v) is 6.78. The molecule has 0 aromatic heterocycles. The number of nitrogens with one attached hydrogen (secondary N) is 1. The van der Waals surface area contributed by atoms with E-state index in [1.807, 2.05) is 0 Å². The average molecular weight is 369 g/mol. The topological polar surface area (TPSA) is 58.6 Å². The Hall–Kier alpha value is -1.11. The Balaban J connectivity index is 2.00. The Morgan fingerprint density at radius 2 is 1.96 bits per heavy atom. The average Bonchev–Trinajstić information content (AvgIpc) is 2.65. The molecular formula is C19H32N2O3S. The van der Waals surface area contributed by atoms with E-state index in [9.17, 15) is 8.42 Å². The Morgan fingerprint density at radius 3 is 2.72 bits per heavy atom. The molecule has 2 rings (SSSR count). The smallest absolute Gasteiger partial charge is 0.243 e. The van der Waals surface area contributed by atoms with E-state index >= 15 is 0 Å². The molecule has 0 saturated carbocycles. The van der Waals surface area contributed by atoms with Crippen molar-refractivity contribution in [3.8, 4) is 5.75 Å². The molecule has 1 aliphatic heterocycles. The van der Waals surface area contributed by atoms with Crippen LogP contribution in [0.5, 0.6) is 5.75 Å². The van der Waals surface area contributed by atoms with Gasteiger partial charge in [0.05, 0.1) is 12.0 Å². The SMILES string of the molecule is CCCCCCCCC1CNCCN1S(=O)(=O)c1cccc(OC)c1. The van der Waals surface area contributed by atoms with Gasteiger partial charge in [0.15, 0.2) is 0 Å². The predicted molar refractivity (Wildman–Crippen MR) is 102 cm³/mol. The van der Waals surface area contributed by atoms with Crippen LogP contribution in [0.2, 0.25) is 0 Å². The lowest BCUT2D eigenvalue weighted by atomic mass is 10.0. The quantitative estimate of drug-likeness (QED) is 0.643. The zero-order chi connectivity index (χ0) is 18.1. The van der Waals surface area contributed by atoms with Crippen LogP contribution in [0.15, 0.2) is 29.2 Å². The largest absolute Gasteiger partial charge is 0.497 e. The van der Waals surface area contributed by atoms with Crippen LogP contribution in [0, 0.1) is 0 Å². The van der Waals surface area contributed by atoms with E-state index in [-0.39, 0.29) is 6.04 Å². The van der Waals surface area contributed by atoms with E-state index in [0.717, 1.165) is 19.4 Å². The molecule has 6 heteroatoms.